The molecule has 3 aliphatic rings. The number of aromatic nitrogens is 1. The molecule has 2 amide bonds. The molecule has 1 aromatic rings. The number of carbonyl (C=O) groups excluding carboxylic acids is 2. The zero-order valence-electron chi connectivity index (χ0n) is 13.3. The molecule has 2 heterocycles. The van der Waals surface area contributed by atoms with Crippen molar-refractivity contribution in [3.8, 4) is 0 Å². The molecule has 5 nitrogen and oxygen atoms in total. The van der Waals surface area contributed by atoms with Crippen molar-refractivity contribution in [2.75, 3.05) is 19.6 Å². The zero-order chi connectivity index (χ0) is 15.9. The van der Waals surface area contributed by atoms with Gasteiger partial charge in [-0.05, 0) is 55.2 Å². The number of likely N-dealkylation sites (tertiary alicyclic amines) is 1. The molecule has 3 fully saturated rings. The Morgan fingerprint density at radius 3 is 2.78 bits per heavy atom. The predicted octanol–water partition coefficient (Wildman–Crippen LogP) is 1.39. The molecule has 2 aliphatic carbocycles. The third kappa shape index (κ3) is 2.96. The predicted molar refractivity (Wildman–Crippen MR) is 85.4 cm³/mol. The van der Waals surface area contributed by atoms with Gasteiger partial charge >= 0.3 is 0 Å². The maximum atomic E-state index is 12.4. The summed E-state index contributed by atoms with van der Waals surface area (Å²) < 4.78 is 0. The Bertz CT molecular complexity index is 614. The van der Waals surface area contributed by atoms with Crippen molar-refractivity contribution >= 4 is 11.8 Å². The van der Waals surface area contributed by atoms with Gasteiger partial charge in [-0.3, -0.25) is 14.6 Å². The number of rotatable bonds is 5. The Morgan fingerprint density at radius 2 is 2.09 bits per heavy atom. The number of nitrogens with one attached hydrogen (secondary N) is 1. The summed E-state index contributed by atoms with van der Waals surface area (Å²) in [5.74, 6) is 1.47. The monoisotopic (exact) mass is 313 g/mol. The number of amides is 2. The second-order valence-electron chi connectivity index (χ2n) is 7.33. The fraction of sp³-hybridized carbons (Fsp3) is 0.611. The lowest BCUT2D eigenvalue weighted by Crippen LogP contribution is -2.45. The topological polar surface area (TPSA) is 62.3 Å². The average Bonchev–Trinajstić information content (AvgIpc) is 3.46. The first-order chi connectivity index (χ1) is 11.2. The lowest BCUT2D eigenvalue weighted by molar-refractivity contribution is -0.135. The first-order valence-corrected chi connectivity index (χ1v) is 8.62. The molecule has 122 valence electrons. The molecule has 23 heavy (non-hydrogen) atoms. The van der Waals surface area contributed by atoms with Crippen molar-refractivity contribution in [1.29, 1.82) is 0 Å². The molecule has 0 bridgehead atoms. The van der Waals surface area contributed by atoms with Crippen molar-refractivity contribution in [3.63, 3.8) is 0 Å². The number of fused-ring (bicyclic) bond motifs is 1. The van der Waals surface area contributed by atoms with Gasteiger partial charge in [0.15, 0.2) is 0 Å². The summed E-state index contributed by atoms with van der Waals surface area (Å²) in [6, 6.07) is 3.77. The van der Waals surface area contributed by atoms with Crippen LogP contribution in [0.1, 0.15) is 31.2 Å². The SMILES string of the molecule is O=C(Cc1ccncc1)N1CCC2(C(=O)NCC3CC3)CC2C1. The van der Waals surface area contributed by atoms with Crippen LogP contribution in [0, 0.1) is 17.3 Å². The van der Waals surface area contributed by atoms with E-state index in [1.54, 1.807) is 12.4 Å². The highest BCUT2D eigenvalue weighted by molar-refractivity contribution is 5.87. The molecular weight excluding hydrogens is 290 g/mol. The van der Waals surface area contributed by atoms with E-state index in [2.05, 4.69) is 10.3 Å². The van der Waals surface area contributed by atoms with Gasteiger partial charge in [0, 0.05) is 32.0 Å². The molecule has 0 aromatic carbocycles. The smallest absolute Gasteiger partial charge is 0.227 e. The van der Waals surface area contributed by atoms with E-state index in [9.17, 15) is 9.59 Å². The van der Waals surface area contributed by atoms with Crippen molar-refractivity contribution in [1.82, 2.24) is 15.2 Å². The molecule has 2 unspecified atom stereocenters. The van der Waals surface area contributed by atoms with Crippen molar-refractivity contribution in [3.05, 3.63) is 30.1 Å². The zero-order valence-corrected chi connectivity index (χ0v) is 13.3. The van der Waals surface area contributed by atoms with Gasteiger partial charge in [-0.15, -0.1) is 0 Å². The van der Waals surface area contributed by atoms with E-state index in [4.69, 9.17) is 0 Å². The van der Waals surface area contributed by atoms with E-state index in [-0.39, 0.29) is 17.2 Å². The Balaban J connectivity index is 1.30. The molecule has 1 saturated heterocycles. The van der Waals surface area contributed by atoms with Crippen molar-refractivity contribution < 1.29 is 9.59 Å². The highest BCUT2D eigenvalue weighted by Gasteiger charge is 2.62. The lowest BCUT2D eigenvalue weighted by atomic mass is 9.93. The number of pyridine rings is 1. The highest BCUT2D eigenvalue weighted by atomic mass is 16.2. The van der Waals surface area contributed by atoms with Crippen LogP contribution in [-0.2, 0) is 16.0 Å². The second-order valence-corrected chi connectivity index (χ2v) is 7.33. The quantitative estimate of drug-likeness (QED) is 0.893. The molecule has 0 spiro atoms. The Labute approximate surface area is 136 Å². The lowest BCUT2D eigenvalue weighted by Gasteiger charge is -2.31. The van der Waals surface area contributed by atoms with E-state index in [1.807, 2.05) is 17.0 Å². The third-order valence-corrected chi connectivity index (χ3v) is 5.66. The maximum absolute atomic E-state index is 12.4. The van der Waals surface area contributed by atoms with E-state index in [0.29, 0.717) is 18.9 Å². The standard InChI is InChI=1S/C18H23N3O2/c22-16(9-13-3-6-19-7-4-13)21-8-5-18(10-15(18)12-21)17(23)20-11-14-1-2-14/h3-4,6-7,14-15H,1-2,5,8-12H2,(H,20,23). The van der Waals surface area contributed by atoms with Gasteiger partial charge in [-0.25, -0.2) is 0 Å². The van der Waals surface area contributed by atoms with Crippen molar-refractivity contribution in [2.45, 2.75) is 32.1 Å². The fourth-order valence-electron chi connectivity index (χ4n) is 3.76. The van der Waals surface area contributed by atoms with Crippen LogP contribution in [0.25, 0.3) is 0 Å². The first kappa shape index (κ1) is 14.7. The minimum atomic E-state index is -0.164. The van der Waals surface area contributed by atoms with Gasteiger partial charge < -0.3 is 10.2 Å². The third-order valence-electron chi connectivity index (χ3n) is 5.66. The van der Waals surface area contributed by atoms with Crippen molar-refractivity contribution in [2.24, 2.45) is 17.3 Å². The largest absolute Gasteiger partial charge is 0.355 e. The van der Waals surface area contributed by atoms with Crippen LogP contribution >= 0.6 is 0 Å². The van der Waals surface area contributed by atoms with Crippen LogP contribution in [-0.4, -0.2) is 41.3 Å². The summed E-state index contributed by atoms with van der Waals surface area (Å²) in [6.45, 7) is 2.29. The van der Waals surface area contributed by atoms with E-state index in [0.717, 1.165) is 37.4 Å². The summed E-state index contributed by atoms with van der Waals surface area (Å²) in [7, 11) is 0. The normalized spacial score (nSPS) is 28.9. The molecule has 1 aromatic heterocycles. The van der Waals surface area contributed by atoms with Crippen LogP contribution in [0.3, 0.4) is 0 Å². The Kier molecular flexibility index (Phi) is 3.58. The summed E-state index contributed by atoms with van der Waals surface area (Å²) in [5, 5.41) is 3.13. The van der Waals surface area contributed by atoms with Gasteiger partial charge in [-0.2, -0.15) is 0 Å². The highest BCUT2D eigenvalue weighted by Crippen LogP contribution is 2.58. The minimum Gasteiger partial charge on any atom is -0.355 e. The van der Waals surface area contributed by atoms with Gasteiger partial charge in [0.05, 0.1) is 11.8 Å². The maximum Gasteiger partial charge on any atom is 0.227 e. The van der Waals surface area contributed by atoms with Crippen LogP contribution in [0.15, 0.2) is 24.5 Å². The Hall–Kier alpha value is -1.91. The molecular formula is C18H23N3O2. The number of carbonyl (C=O) groups is 2. The summed E-state index contributed by atoms with van der Waals surface area (Å²) in [4.78, 5) is 30.8. The van der Waals surface area contributed by atoms with E-state index >= 15 is 0 Å². The fourth-order valence-corrected chi connectivity index (χ4v) is 3.76. The molecule has 1 aliphatic heterocycles. The van der Waals surface area contributed by atoms with Gasteiger partial charge in [0.1, 0.15) is 0 Å². The molecule has 2 saturated carbocycles. The van der Waals surface area contributed by atoms with Crippen LogP contribution in [0.5, 0.6) is 0 Å². The summed E-state index contributed by atoms with van der Waals surface area (Å²) in [5.41, 5.74) is 0.835. The number of hydrogen-bond donors (Lipinski definition) is 1. The number of piperidine rings is 1. The minimum absolute atomic E-state index is 0.162. The average molecular weight is 313 g/mol. The second kappa shape index (κ2) is 5.62. The molecule has 4 rings (SSSR count). The molecule has 5 heteroatoms. The summed E-state index contributed by atoms with van der Waals surface area (Å²) >= 11 is 0. The van der Waals surface area contributed by atoms with Gasteiger partial charge in [-0.1, -0.05) is 0 Å². The molecule has 2 atom stereocenters. The van der Waals surface area contributed by atoms with Gasteiger partial charge in [0.2, 0.25) is 11.8 Å². The van der Waals surface area contributed by atoms with E-state index in [1.165, 1.54) is 12.8 Å². The number of nitrogens with zero attached hydrogens (tertiary/aromatic N) is 2. The molecule has 0 radical (unpaired) electrons. The Morgan fingerprint density at radius 1 is 1.30 bits per heavy atom. The number of hydrogen-bond acceptors (Lipinski definition) is 3. The van der Waals surface area contributed by atoms with Crippen LogP contribution in [0.4, 0.5) is 0 Å². The van der Waals surface area contributed by atoms with Crippen LogP contribution in [0.2, 0.25) is 0 Å². The summed E-state index contributed by atoms with van der Waals surface area (Å²) in [6.07, 6.45) is 8.14. The first-order valence-electron chi connectivity index (χ1n) is 8.62. The van der Waals surface area contributed by atoms with Gasteiger partial charge in [0.25, 0.3) is 0 Å². The van der Waals surface area contributed by atoms with Crippen LogP contribution < -0.4 is 5.32 Å². The molecule has 1 N–H and O–H groups in total. The van der Waals surface area contributed by atoms with E-state index < -0.39 is 0 Å².